The number of hydrogen-bond acceptors (Lipinski definition) is 3. The number of nitrogens with one attached hydrogen (secondary N) is 1. The van der Waals surface area contributed by atoms with E-state index in [1.165, 1.54) is 25.1 Å². The number of anilines is 1. The van der Waals surface area contributed by atoms with E-state index >= 15 is 0 Å². The van der Waals surface area contributed by atoms with Gasteiger partial charge in [-0.15, -0.1) is 0 Å². The summed E-state index contributed by atoms with van der Waals surface area (Å²) in [4.78, 5) is 26.2. The molecule has 0 aliphatic carbocycles. The van der Waals surface area contributed by atoms with E-state index in [9.17, 15) is 14.0 Å². The number of nitrogens with two attached hydrogens (primary N) is 1. The molecule has 2 aromatic rings. The molecule has 2 rings (SSSR count). The predicted octanol–water partition coefficient (Wildman–Crippen LogP) is 3.41. The molecule has 0 radical (unpaired) electrons. The van der Waals surface area contributed by atoms with E-state index in [4.69, 9.17) is 5.73 Å². The molecule has 0 aliphatic rings. The Hall–Kier alpha value is -2.73. The van der Waals surface area contributed by atoms with Crippen LogP contribution in [-0.4, -0.2) is 29.8 Å². The van der Waals surface area contributed by atoms with Crippen molar-refractivity contribution in [3.05, 3.63) is 65.5 Å². The van der Waals surface area contributed by atoms with Gasteiger partial charge >= 0.3 is 0 Å². The molecule has 0 saturated heterocycles. The lowest BCUT2D eigenvalue weighted by Gasteiger charge is -2.32. The third kappa shape index (κ3) is 5.89. The number of para-hydroxylation sites is 1. The van der Waals surface area contributed by atoms with Crippen LogP contribution in [0.4, 0.5) is 10.1 Å². The molecule has 0 bridgehead atoms. The second kappa shape index (κ2) is 8.77. The minimum atomic E-state index is -0.461. The SMILES string of the molecule is CC(=O)Nc1ccccc1CN(CC(C)(C)CN)C(=O)c1cccc(F)c1. The Labute approximate surface area is 159 Å². The molecular weight excluding hydrogens is 345 g/mol. The molecule has 0 spiro atoms. The standard InChI is InChI=1S/C21H26FN3O2/c1-15(26)24-19-10-5-4-7-17(19)12-25(14-21(2,3)13-23)20(27)16-8-6-9-18(22)11-16/h4-11H,12-14,23H2,1-3H3,(H,24,26). The number of carbonyl (C=O) groups is 2. The van der Waals surface area contributed by atoms with Gasteiger partial charge in [0, 0.05) is 31.3 Å². The highest BCUT2D eigenvalue weighted by Gasteiger charge is 2.25. The van der Waals surface area contributed by atoms with Crippen molar-refractivity contribution in [1.29, 1.82) is 0 Å². The molecule has 0 aromatic heterocycles. The van der Waals surface area contributed by atoms with Crippen molar-refractivity contribution in [3.63, 3.8) is 0 Å². The molecule has 0 unspecified atom stereocenters. The van der Waals surface area contributed by atoms with E-state index in [0.29, 0.717) is 18.8 Å². The first-order chi connectivity index (χ1) is 12.7. The maximum atomic E-state index is 13.6. The zero-order valence-corrected chi connectivity index (χ0v) is 16.0. The number of rotatable bonds is 7. The van der Waals surface area contributed by atoms with Gasteiger partial charge in [0.15, 0.2) is 0 Å². The second-order valence-corrected chi connectivity index (χ2v) is 7.38. The molecule has 0 atom stereocenters. The van der Waals surface area contributed by atoms with Crippen LogP contribution < -0.4 is 11.1 Å². The monoisotopic (exact) mass is 371 g/mol. The zero-order chi connectivity index (χ0) is 20.0. The summed E-state index contributed by atoms with van der Waals surface area (Å²) in [5.74, 6) is -0.932. The van der Waals surface area contributed by atoms with Crippen LogP contribution >= 0.6 is 0 Å². The quantitative estimate of drug-likeness (QED) is 0.783. The van der Waals surface area contributed by atoms with E-state index < -0.39 is 5.82 Å². The lowest BCUT2D eigenvalue weighted by molar-refractivity contribution is -0.114. The third-order valence-corrected chi connectivity index (χ3v) is 4.22. The maximum Gasteiger partial charge on any atom is 0.254 e. The molecule has 0 fully saturated rings. The first-order valence-corrected chi connectivity index (χ1v) is 8.82. The van der Waals surface area contributed by atoms with Gasteiger partial charge in [-0.05, 0) is 41.8 Å². The minimum Gasteiger partial charge on any atom is -0.334 e. The van der Waals surface area contributed by atoms with E-state index in [-0.39, 0.29) is 29.3 Å². The number of carbonyl (C=O) groups excluding carboxylic acids is 2. The van der Waals surface area contributed by atoms with E-state index in [2.05, 4.69) is 5.32 Å². The summed E-state index contributed by atoms with van der Waals surface area (Å²) in [7, 11) is 0. The van der Waals surface area contributed by atoms with Crippen molar-refractivity contribution in [2.75, 3.05) is 18.4 Å². The normalized spacial score (nSPS) is 11.1. The second-order valence-electron chi connectivity index (χ2n) is 7.38. The number of halogens is 1. The highest BCUT2D eigenvalue weighted by molar-refractivity contribution is 5.94. The highest BCUT2D eigenvalue weighted by Crippen LogP contribution is 2.23. The number of nitrogens with zero attached hydrogens (tertiary/aromatic N) is 1. The largest absolute Gasteiger partial charge is 0.334 e. The highest BCUT2D eigenvalue weighted by atomic mass is 19.1. The van der Waals surface area contributed by atoms with Crippen molar-refractivity contribution < 1.29 is 14.0 Å². The van der Waals surface area contributed by atoms with Gasteiger partial charge in [-0.3, -0.25) is 9.59 Å². The molecule has 144 valence electrons. The van der Waals surface area contributed by atoms with Crippen molar-refractivity contribution in [1.82, 2.24) is 4.90 Å². The third-order valence-electron chi connectivity index (χ3n) is 4.22. The van der Waals surface area contributed by atoms with Crippen LogP contribution in [0, 0.1) is 11.2 Å². The average Bonchev–Trinajstić information content (AvgIpc) is 2.61. The number of hydrogen-bond donors (Lipinski definition) is 2. The van der Waals surface area contributed by atoms with Crippen LogP contribution in [0.5, 0.6) is 0 Å². The van der Waals surface area contributed by atoms with E-state index in [1.807, 2.05) is 32.0 Å². The number of amides is 2. The van der Waals surface area contributed by atoms with Crippen molar-refractivity contribution >= 4 is 17.5 Å². The fourth-order valence-corrected chi connectivity index (χ4v) is 2.76. The van der Waals surface area contributed by atoms with Gasteiger partial charge < -0.3 is 16.0 Å². The summed E-state index contributed by atoms with van der Waals surface area (Å²) in [5.41, 5.74) is 7.26. The Morgan fingerprint density at radius 1 is 1.15 bits per heavy atom. The first kappa shape index (κ1) is 20.6. The fourth-order valence-electron chi connectivity index (χ4n) is 2.76. The Morgan fingerprint density at radius 3 is 2.48 bits per heavy atom. The van der Waals surface area contributed by atoms with Crippen LogP contribution in [0.25, 0.3) is 0 Å². The molecule has 6 heteroatoms. The van der Waals surface area contributed by atoms with Crippen molar-refractivity contribution in [2.45, 2.75) is 27.3 Å². The molecule has 0 saturated carbocycles. The smallest absolute Gasteiger partial charge is 0.254 e. The summed E-state index contributed by atoms with van der Waals surface area (Å²) >= 11 is 0. The predicted molar refractivity (Wildman–Crippen MR) is 105 cm³/mol. The fraction of sp³-hybridized carbons (Fsp3) is 0.333. The molecule has 2 aromatic carbocycles. The molecular formula is C21H26FN3O2. The molecule has 0 heterocycles. The maximum absolute atomic E-state index is 13.6. The lowest BCUT2D eigenvalue weighted by atomic mass is 9.92. The summed E-state index contributed by atoms with van der Waals surface area (Å²) in [5, 5.41) is 2.78. The van der Waals surface area contributed by atoms with Gasteiger partial charge in [-0.1, -0.05) is 38.1 Å². The number of benzene rings is 2. The molecule has 5 nitrogen and oxygen atoms in total. The van der Waals surface area contributed by atoms with Crippen LogP contribution in [0.1, 0.15) is 36.7 Å². The Morgan fingerprint density at radius 2 is 1.85 bits per heavy atom. The summed E-state index contributed by atoms with van der Waals surface area (Å²) in [6.07, 6.45) is 0. The Balaban J connectivity index is 2.36. The van der Waals surface area contributed by atoms with Gasteiger partial charge in [0.05, 0.1) is 0 Å². The lowest BCUT2D eigenvalue weighted by Crippen LogP contribution is -2.41. The van der Waals surface area contributed by atoms with E-state index in [0.717, 1.165) is 5.56 Å². The van der Waals surface area contributed by atoms with E-state index in [1.54, 1.807) is 17.0 Å². The van der Waals surface area contributed by atoms with Gasteiger partial charge in [0.2, 0.25) is 5.91 Å². The Bertz CT molecular complexity index is 821. The molecule has 3 N–H and O–H groups in total. The molecule has 2 amide bonds. The van der Waals surface area contributed by atoms with Crippen LogP contribution in [0.2, 0.25) is 0 Å². The van der Waals surface area contributed by atoms with Gasteiger partial charge in [0.1, 0.15) is 5.82 Å². The summed E-state index contributed by atoms with van der Waals surface area (Å²) < 4.78 is 13.6. The topological polar surface area (TPSA) is 75.4 Å². The summed E-state index contributed by atoms with van der Waals surface area (Å²) in [6, 6.07) is 12.9. The first-order valence-electron chi connectivity index (χ1n) is 8.82. The minimum absolute atomic E-state index is 0.187. The van der Waals surface area contributed by atoms with Crippen LogP contribution in [-0.2, 0) is 11.3 Å². The molecule has 27 heavy (non-hydrogen) atoms. The van der Waals surface area contributed by atoms with Crippen LogP contribution in [0.3, 0.4) is 0 Å². The zero-order valence-electron chi connectivity index (χ0n) is 16.0. The molecule has 0 aliphatic heterocycles. The summed E-state index contributed by atoms with van der Waals surface area (Å²) in [6.45, 7) is 6.44. The van der Waals surface area contributed by atoms with Gasteiger partial charge in [-0.2, -0.15) is 0 Å². The van der Waals surface area contributed by atoms with Crippen molar-refractivity contribution in [2.24, 2.45) is 11.1 Å². The van der Waals surface area contributed by atoms with Crippen molar-refractivity contribution in [3.8, 4) is 0 Å². The van der Waals surface area contributed by atoms with Crippen LogP contribution in [0.15, 0.2) is 48.5 Å². The Kier molecular flexibility index (Phi) is 6.69. The van der Waals surface area contributed by atoms with Gasteiger partial charge in [0.25, 0.3) is 5.91 Å². The van der Waals surface area contributed by atoms with Gasteiger partial charge in [-0.25, -0.2) is 4.39 Å². The average molecular weight is 371 g/mol.